The van der Waals surface area contributed by atoms with Gasteiger partial charge in [0.1, 0.15) is 0 Å². The van der Waals surface area contributed by atoms with Crippen LogP contribution in [0.1, 0.15) is 20.8 Å². The molecule has 3 rings (SSSR count). The number of nitrogens with zero attached hydrogens (tertiary/aromatic N) is 1. The molecular weight excluding hydrogens is 393 g/mol. The number of hydrogen-bond donors (Lipinski definition) is 2. The molecule has 0 unspecified atom stereocenters. The van der Waals surface area contributed by atoms with Crippen LogP contribution in [-0.2, 0) is 15.9 Å². The molecule has 5 nitrogen and oxygen atoms in total. The maximum atomic E-state index is 12.5. The maximum Gasteiger partial charge on any atom is 0.277 e. The summed E-state index contributed by atoms with van der Waals surface area (Å²) in [5.74, 6) is -0.459. The number of nitrogens with one attached hydrogen (secondary N) is 2. The zero-order valence-corrected chi connectivity index (χ0v) is 15.8. The van der Waals surface area contributed by atoms with E-state index in [0.29, 0.717) is 23.4 Å². The summed E-state index contributed by atoms with van der Waals surface area (Å²) >= 11 is 13.9. The van der Waals surface area contributed by atoms with E-state index in [2.05, 4.69) is 15.8 Å². The van der Waals surface area contributed by atoms with Crippen molar-refractivity contribution in [2.75, 3.05) is 5.32 Å². The minimum absolute atomic E-state index is 0.411. The fourth-order valence-electron chi connectivity index (χ4n) is 2.20. The van der Waals surface area contributed by atoms with Crippen LogP contribution < -0.4 is 10.8 Å². The summed E-state index contributed by atoms with van der Waals surface area (Å²) in [4.78, 5) is 22.8. The lowest BCUT2D eigenvalue weighted by Crippen LogP contribution is -2.31. The second kappa shape index (κ2) is 8.51. The van der Waals surface area contributed by atoms with Crippen molar-refractivity contribution in [3.63, 3.8) is 0 Å². The van der Waals surface area contributed by atoms with Crippen molar-refractivity contribution in [1.29, 1.82) is 0 Å². The molecule has 0 saturated carbocycles. The second-order valence-corrected chi connectivity index (χ2v) is 7.51. The number of rotatable bonds is 7. The van der Waals surface area contributed by atoms with Crippen LogP contribution in [0.5, 0.6) is 0 Å². The van der Waals surface area contributed by atoms with E-state index in [1.165, 1.54) is 11.3 Å². The first kappa shape index (κ1) is 18.7. The minimum atomic E-state index is -1.69. The first-order chi connectivity index (χ1) is 12.6. The number of hydroxylamine groups is 1. The molecule has 0 saturated heterocycles. The van der Waals surface area contributed by atoms with Gasteiger partial charge in [0.2, 0.25) is 0 Å². The number of aromatic nitrogens is 1. The summed E-state index contributed by atoms with van der Waals surface area (Å²) < 4.78 is -1.69. The number of anilines is 1. The van der Waals surface area contributed by atoms with Gasteiger partial charge in [-0.15, -0.1) is 11.3 Å². The van der Waals surface area contributed by atoms with Gasteiger partial charge in [0.25, 0.3) is 10.4 Å². The zero-order chi connectivity index (χ0) is 18.4. The Balaban J connectivity index is 1.66. The van der Waals surface area contributed by atoms with Crippen LogP contribution in [-0.4, -0.2) is 10.9 Å². The van der Waals surface area contributed by atoms with Crippen molar-refractivity contribution < 1.29 is 9.63 Å². The van der Waals surface area contributed by atoms with Gasteiger partial charge in [-0.1, -0.05) is 65.7 Å². The molecule has 2 aromatic carbocycles. The Morgan fingerprint density at radius 2 is 1.85 bits per heavy atom. The lowest BCUT2D eigenvalue weighted by atomic mass is 10.1. The summed E-state index contributed by atoms with van der Waals surface area (Å²) in [6.07, 6.45) is 1.78. The number of thiazole rings is 1. The summed E-state index contributed by atoms with van der Waals surface area (Å²) in [5.41, 5.74) is 5.67. The lowest BCUT2D eigenvalue weighted by molar-refractivity contribution is -0.00238. The Morgan fingerprint density at radius 1 is 1.12 bits per heavy atom. The van der Waals surface area contributed by atoms with E-state index in [4.69, 9.17) is 28.0 Å². The van der Waals surface area contributed by atoms with E-state index in [9.17, 15) is 4.79 Å². The van der Waals surface area contributed by atoms with Gasteiger partial charge in [0.15, 0.2) is 0 Å². The van der Waals surface area contributed by atoms with Crippen LogP contribution in [0.25, 0.3) is 0 Å². The number of amides is 1. The molecular formula is C18H15Cl2N3O2S. The third-order valence-electron chi connectivity index (χ3n) is 3.49. The third-order valence-corrected chi connectivity index (χ3v) is 4.86. The number of carbonyl (C=O) groups is 1. The van der Waals surface area contributed by atoms with E-state index in [1.54, 1.807) is 48.1 Å². The third kappa shape index (κ3) is 4.74. The molecule has 26 heavy (non-hydrogen) atoms. The number of halogens is 2. The smallest absolute Gasteiger partial charge is 0.277 e. The fourth-order valence-corrected chi connectivity index (χ4v) is 3.07. The first-order valence-corrected chi connectivity index (χ1v) is 9.32. The van der Waals surface area contributed by atoms with Crippen LogP contribution in [0.3, 0.4) is 0 Å². The molecule has 134 valence electrons. The molecule has 3 aromatic rings. The Labute approximate surface area is 164 Å². The Kier molecular flexibility index (Phi) is 6.11. The monoisotopic (exact) mass is 407 g/mol. The number of para-hydroxylation sites is 1. The standard InChI is InChI=1S/C18H15Cl2N3O2S/c19-18(20,13-6-2-1-3-7-13)25-23-17(24)15-8-4-5-9-16(15)22-11-14-10-21-12-26-14/h1-10,12,22H,11H2,(H,23,24). The van der Waals surface area contributed by atoms with Gasteiger partial charge in [-0.25, -0.2) is 10.3 Å². The number of alkyl halides is 2. The summed E-state index contributed by atoms with van der Waals surface area (Å²) in [6, 6.07) is 15.9. The largest absolute Gasteiger partial charge is 0.379 e. The van der Waals surface area contributed by atoms with E-state index in [1.807, 2.05) is 18.2 Å². The van der Waals surface area contributed by atoms with Gasteiger partial charge >= 0.3 is 0 Å². The van der Waals surface area contributed by atoms with Crippen molar-refractivity contribution >= 4 is 46.1 Å². The van der Waals surface area contributed by atoms with Crippen LogP contribution in [0, 0.1) is 0 Å². The quantitative estimate of drug-likeness (QED) is 0.439. The predicted molar refractivity (Wildman–Crippen MR) is 104 cm³/mol. The van der Waals surface area contributed by atoms with Crippen molar-refractivity contribution in [3.8, 4) is 0 Å². The van der Waals surface area contributed by atoms with Crippen molar-refractivity contribution in [3.05, 3.63) is 82.3 Å². The van der Waals surface area contributed by atoms with Crippen molar-refractivity contribution in [1.82, 2.24) is 10.5 Å². The summed E-state index contributed by atoms with van der Waals surface area (Å²) in [6.45, 7) is 0.564. The van der Waals surface area contributed by atoms with Gasteiger partial charge in [-0.3, -0.25) is 9.78 Å². The van der Waals surface area contributed by atoms with E-state index in [-0.39, 0.29) is 0 Å². The van der Waals surface area contributed by atoms with E-state index >= 15 is 0 Å². The molecule has 0 aliphatic rings. The maximum absolute atomic E-state index is 12.5. The van der Waals surface area contributed by atoms with E-state index in [0.717, 1.165) is 4.88 Å². The molecule has 1 amide bonds. The molecule has 0 spiro atoms. The normalized spacial score (nSPS) is 11.2. The van der Waals surface area contributed by atoms with E-state index < -0.39 is 10.4 Å². The Bertz CT molecular complexity index is 858. The zero-order valence-electron chi connectivity index (χ0n) is 13.5. The van der Waals surface area contributed by atoms with Crippen LogP contribution in [0.15, 0.2) is 66.3 Å². The van der Waals surface area contributed by atoms with Crippen LogP contribution >= 0.6 is 34.5 Å². The summed E-state index contributed by atoms with van der Waals surface area (Å²) in [5, 5.41) is 3.21. The molecule has 1 heterocycles. The molecule has 8 heteroatoms. The van der Waals surface area contributed by atoms with Crippen LogP contribution in [0.2, 0.25) is 0 Å². The number of hydrogen-bond acceptors (Lipinski definition) is 5. The molecule has 0 atom stereocenters. The highest BCUT2D eigenvalue weighted by atomic mass is 35.5. The molecule has 0 fully saturated rings. The van der Waals surface area contributed by atoms with Gasteiger partial charge in [0.05, 0.1) is 17.6 Å². The highest BCUT2D eigenvalue weighted by molar-refractivity contribution is 7.09. The highest BCUT2D eigenvalue weighted by Crippen LogP contribution is 2.34. The molecule has 1 aromatic heterocycles. The predicted octanol–water partition coefficient (Wildman–Crippen LogP) is 4.70. The molecule has 0 aliphatic heterocycles. The first-order valence-electron chi connectivity index (χ1n) is 7.68. The minimum Gasteiger partial charge on any atom is -0.379 e. The fraction of sp³-hybridized carbons (Fsp3) is 0.111. The van der Waals surface area contributed by atoms with Gasteiger partial charge in [0, 0.05) is 22.3 Å². The van der Waals surface area contributed by atoms with Gasteiger partial charge in [-0.2, -0.15) is 0 Å². The average Bonchev–Trinajstić information content (AvgIpc) is 3.19. The molecule has 2 N–H and O–H groups in total. The highest BCUT2D eigenvalue weighted by Gasteiger charge is 2.29. The van der Waals surface area contributed by atoms with Gasteiger partial charge < -0.3 is 5.32 Å². The Morgan fingerprint density at radius 3 is 2.58 bits per heavy atom. The topological polar surface area (TPSA) is 63.2 Å². The lowest BCUT2D eigenvalue weighted by Gasteiger charge is -2.20. The number of carbonyl (C=O) groups excluding carboxylic acids is 1. The summed E-state index contributed by atoms with van der Waals surface area (Å²) in [7, 11) is 0. The molecule has 0 aliphatic carbocycles. The van der Waals surface area contributed by atoms with Crippen molar-refractivity contribution in [2.45, 2.75) is 11.1 Å². The van der Waals surface area contributed by atoms with Crippen LogP contribution in [0.4, 0.5) is 5.69 Å². The number of benzene rings is 2. The molecule has 0 bridgehead atoms. The second-order valence-electron chi connectivity index (χ2n) is 5.28. The SMILES string of the molecule is O=C(NOC(Cl)(Cl)c1ccccc1)c1ccccc1NCc1cncs1. The average molecular weight is 408 g/mol. The Hall–Kier alpha value is -2.12. The molecule has 0 radical (unpaired) electrons. The van der Waals surface area contributed by atoms with Gasteiger partial charge in [-0.05, 0) is 12.1 Å². The van der Waals surface area contributed by atoms with Crippen molar-refractivity contribution in [2.24, 2.45) is 0 Å².